The number of nitrogens with one attached hydrogen (secondary N) is 1. The third kappa shape index (κ3) is 4.46. The molecule has 0 saturated heterocycles. The molecular weight excluding hydrogens is 370 g/mol. The molecule has 0 aliphatic rings. The van der Waals surface area contributed by atoms with Crippen molar-refractivity contribution in [1.82, 2.24) is 5.16 Å². The van der Waals surface area contributed by atoms with Crippen LogP contribution in [0.2, 0.25) is 0 Å². The molecule has 6 nitrogen and oxygen atoms in total. The third-order valence-electron chi connectivity index (χ3n) is 3.89. The highest BCUT2D eigenvalue weighted by molar-refractivity contribution is 6.03. The smallest absolute Gasteiger partial charge is 0.278 e. The topological polar surface area (TPSA) is 73.6 Å². The zero-order valence-electron chi connectivity index (χ0n) is 15.3. The van der Waals surface area contributed by atoms with Crippen molar-refractivity contribution in [3.05, 3.63) is 71.1 Å². The van der Waals surface area contributed by atoms with Crippen molar-refractivity contribution in [2.75, 3.05) is 11.9 Å². The molecule has 0 bridgehead atoms. The lowest BCUT2D eigenvalue weighted by Crippen LogP contribution is -2.15. The van der Waals surface area contributed by atoms with Gasteiger partial charge in [0.2, 0.25) is 0 Å². The molecule has 28 heavy (non-hydrogen) atoms. The van der Waals surface area contributed by atoms with E-state index in [1.165, 1.54) is 6.07 Å². The number of nitrogens with zero attached hydrogens (tertiary/aromatic N) is 1. The van der Waals surface area contributed by atoms with Crippen molar-refractivity contribution in [2.45, 2.75) is 20.5 Å². The van der Waals surface area contributed by atoms with Gasteiger partial charge in [0.15, 0.2) is 17.3 Å². The van der Waals surface area contributed by atoms with E-state index >= 15 is 0 Å². The Morgan fingerprint density at radius 1 is 1.14 bits per heavy atom. The first-order valence-corrected chi connectivity index (χ1v) is 8.55. The highest BCUT2D eigenvalue weighted by Gasteiger charge is 2.21. The average Bonchev–Trinajstić information content (AvgIpc) is 3.03. The van der Waals surface area contributed by atoms with Gasteiger partial charge in [-0.15, -0.1) is 0 Å². The molecule has 0 aliphatic heterocycles. The number of hydrogen-bond acceptors (Lipinski definition) is 5. The van der Waals surface area contributed by atoms with E-state index in [0.29, 0.717) is 29.4 Å². The van der Waals surface area contributed by atoms with Gasteiger partial charge in [0.25, 0.3) is 5.91 Å². The maximum absolute atomic E-state index is 13.7. The zero-order chi connectivity index (χ0) is 20.1. The summed E-state index contributed by atoms with van der Waals surface area (Å²) in [5.41, 5.74) is 0.937. The van der Waals surface area contributed by atoms with Gasteiger partial charge in [0.1, 0.15) is 23.9 Å². The highest BCUT2D eigenvalue weighted by Crippen LogP contribution is 2.22. The number of benzene rings is 2. The van der Waals surface area contributed by atoms with Gasteiger partial charge < -0.3 is 19.3 Å². The summed E-state index contributed by atoms with van der Waals surface area (Å²) in [5, 5.41) is 6.46. The lowest BCUT2D eigenvalue weighted by molar-refractivity contribution is 0.101. The fourth-order valence-electron chi connectivity index (χ4n) is 2.47. The molecule has 0 spiro atoms. The van der Waals surface area contributed by atoms with Gasteiger partial charge in [-0.05, 0) is 50.2 Å². The van der Waals surface area contributed by atoms with Crippen LogP contribution in [0.4, 0.5) is 14.5 Å². The molecule has 0 fully saturated rings. The lowest BCUT2D eigenvalue weighted by Gasteiger charge is -2.09. The molecule has 2 aromatic carbocycles. The fourth-order valence-corrected chi connectivity index (χ4v) is 2.47. The summed E-state index contributed by atoms with van der Waals surface area (Å²) in [7, 11) is 0. The molecule has 0 radical (unpaired) electrons. The van der Waals surface area contributed by atoms with Crippen LogP contribution >= 0.6 is 0 Å². The standard InChI is InChI=1S/C20H18F2N2O4/c1-3-26-15-7-5-14(6-8-15)23-20(25)19-16(12(2)28-24-19)11-27-18-9-4-13(21)10-17(18)22/h4-10H,3,11H2,1-2H3,(H,23,25). The van der Waals surface area contributed by atoms with Crippen molar-refractivity contribution >= 4 is 11.6 Å². The van der Waals surface area contributed by atoms with E-state index < -0.39 is 17.5 Å². The number of anilines is 1. The van der Waals surface area contributed by atoms with Gasteiger partial charge >= 0.3 is 0 Å². The van der Waals surface area contributed by atoms with E-state index in [1.54, 1.807) is 31.2 Å². The van der Waals surface area contributed by atoms with Crippen LogP contribution in [0.3, 0.4) is 0 Å². The second-order valence-corrected chi connectivity index (χ2v) is 5.84. The van der Waals surface area contributed by atoms with E-state index in [0.717, 1.165) is 12.1 Å². The molecule has 0 atom stereocenters. The van der Waals surface area contributed by atoms with Crippen molar-refractivity contribution < 1.29 is 27.6 Å². The zero-order valence-corrected chi connectivity index (χ0v) is 15.3. The number of carbonyl (C=O) groups excluding carboxylic acids is 1. The summed E-state index contributed by atoms with van der Waals surface area (Å²) in [6, 6.07) is 9.82. The molecule has 8 heteroatoms. The first-order chi connectivity index (χ1) is 13.5. The maximum Gasteiger partial charge on any atom is 0.278 e. The van der Waals surface area contributed by atoms with Crippen LogP contribution in [0.1, 0.15) is 28.7 Å². The number of rotatable bonds is 7. The quantitative estimate of drug-likeness (QED) is 0.646. The molecule has 3 rings (SSSR count). The molecular formula is C20H18F2N2O4. The van der Waals surface area contributed by atoms with Crippen LogP contribution in [-0.4, -0.2) is 17.7 Å². The minimum Gasteiger partial charge on any atom is -0.494 e. The predicted molar refractivity (Wildman–Crippen MR) is 97.5 cm³/mol. The average molecular weight is 388 g/mol. The molecule has 1 N–H and O–H groups in total. The molecule has 0 unspecified atom stereocenters. The molecule has 1 heterocycles. The Kier molecular flexibility index (Phi) is 5.88. The summed E-state index contributed by atoms with van der Waals surface area (Å²) in [6.45, 7) is 3.87. The number of carbonyl (C=O) groups is 1. The van der Waals surface area contributed by atoms with Crippen LogP contribution < -0.4 is 14.8 Å². The van der Waals surface area contributed by atoms with Gasteiger partial charge in [-0.3, -0.25) is 4.79 Å². The Hall–Kier alpha value is -3.42. The first-order valence-electron chi connectivity index (χ1n) is 8.55. The Morgan fingerprint density at radius 2 is 1.89 bits per heavy atom. The van der Waals surface area contributed by atoms with Crippen molar-refractivity contribution in [3.8, 4) is 11.5 Å². The number of hydrogen-bond donors (Lipinski definition) is 1. The van der Waals surface area contributed by atoms with Gasteiger partial charge in [-0.25, -0.2) is 8.78 Å². The normalized spacial score (nSPS) is 10.6. The van der Waals surface area contributed by atoms with E-state index in [4.69, 9.17) is 14.0 Å². The molecule has 146 valence electrons. The molecule has 1 amide bonds. The van der Waals surface area contributed by atoms with E-state index in [-0.39, 0.29) is 18.1 Å². The molecule has 3 aromatic rings. The number of aryl methyl sites for hydroxylation is 1. The van der Waals surface area contributed by atoms with Crippen molar-refractivity contribution in [3.63, 3.8) is 0 Å². The molecule has 0 aliphatic carbocycles. The summed E-state index contributed by atoms with van der Waals surface area (Å²) >= 11 is 0. The van der Waals surface area contributed by atoms with Crippen LogP contribution in [0.5, 0.6) is 11.5 Å². The maximum atomic E-state index is 13.7. The van der Waals surface area contributed by atoms with Gasteiger partial charge in [0, 0.05) is 11.8 Å². The summed E-state index contributed by atoms with van der Waals surface area (Å²) in [4.78, 5) is 12.5. The minimum absolute atomic E-state index is 0.0221. The van der Waals surface area contributed by atoms with E-state index in [9.17, 15) is 13.6 Å². The monoisotopic (exact) mass is 388 g/mol. The van der Waals surface area contributed by atoms with Gasteiger partial charge in [-0.2, -0.15) is 0 Å². The van der Waals surface area contributed by atoms with E-state index in [1.807, 2.05) is 6.92 Å². The van der Waals surface area contributed by atoms with Crippen molar-refractivity contribution in [2.24, 2.45) is 0 Å². The Balaban J connectivity index is 1.71. The fraction of sp³-hybridized carbons (Fsp3) is 0.200. The Morgan fingerprint density at radius 3 is 2.57 bits per heavy atom. The third-order valence-corrected chi connectivity index (χ3v) is 3.89. The summed E-state index contributed by atoms with van der Waals surface area (Å²) in [5.74, 6) is -1.14. The van der Waals surface area contributed by atoms with Crippen LogP contribution in [0.15, 0.2) is 47.0 Å². The second-order valence-electron chi connectivity index (χ2n) is 5.84. The second kappa shape index (κ2) is 8.51. The first kappa shape index (κ1) is 19.3. The Labute approximate surface area is 160 Å². The molecule has 1 aromatic heterocycles. The van der Waals surface area contributed by atoms with E-state index in [2.05, 4.69) is 10.5 Å². The van der Waals surface area contributed by atoms with Crippen LogP contribution in [-0.2, 0) is 6.61 Å². The Bertz CT molecular complexity index is 971. The van der Waals surface area contributed by atoms with Gasteiger partial charge in [0.05, 0.1) is 12.2 Å². The molecule has 0 saturated carbocycles. The largest absolute Gasteiger partial charge is 0.494 e. The summed E-state index contributed by atoms with van der Waals surface area (Å²) < 4.78 is 42.5. The minimum atomic E-state index is -0.838. The summed E-state index contributed by atoms with van der Waals surface area (Å²) in [6.07, 6.45) is 0. The number of halogens is 2. The number of ether oxygens (including phenoxy) is 2. The van der Waals surface area contributed by atoms with Crippen molar-refractivity contribution in [1.29, 1.82) is 0 Å². The SMILES string of the molecule is CCOc1ccc(NC(=O)c2noc(C)c2COc2ccc(F)cc2F)cc1. The van der Waals surface area contributed by atoms with Crippen LogP contribution in [0.25, 0.3) is 0 Å². The predicted octanol–water partition coefficient (Wildman–Crippen LogP) is 4.49. The lowest BCUT2D eigenvalue weighted by atomic mass is 10.2. The van der Waals surface area contributed by atoms with Gasteiger partial charge in [-0.1, -0.05) is 5.16 Å². The number of aromatic nitrogens is 1. The van der Waals surface area contributed by atoms with Crippen LogP contribution in [0, 0.1) is 18.6 Å². The number of amides is 1. The highest BCUT2D eigenvalue weighted by atomic mass is 19.1.